The second-order valence-corrected chi connectivity index (χ2v) is 5.57. The molecule has 0 unspecified atom stereocenters. The van der Waals surface area contributed by atoms with Crippen LogP contribution in [-0.4, -0.2) is 35.1 Å². The van der Waals surface area contributed by atoms with Crippen LogP contribution in [0.2, 0.25) is 0 Å². The summed E-state index contributed by atoms with van der Waals surface area (Å²) in [4.78, 5) is 51.5. The van der Waals surface area contributed by atoms with Gasteiger partial charge in [0.2, 0.25) is 0 Å². The predicted molar refractivity (Wildman–Crippen MR) is 80.3 cm³/mol. The van der Waals surface area contributed by atoms with Crippen LogP contribution in [0.1, 0.15) is 25.7 Å². The molecule has 0 atom stereocenters. The number of nitrogens with zero attached hydrogens (tertiary/aromatic N) is 1. The molecule has 23 heavy (non-hydrogen) atoms. The summed E-state index contributed by atoms with van der Waals surface area (Å²) in [5, 5.41) is 0.453. The SMILES string of the molecule is CSc1ccc(OC(=O)CCC(=O)ON2C(=O)CCC2=O)cc1. The summed E-state index contributed by atoms with van der Waals surface area (Å²) in [6.45, 7) is 0. The number of carbonyl (C=O) groups is 4. The zero-order valence-corrected chi connectivity index (χ0v) is 13.3. The van der Waals surface area contributed by atoms with E-state index in [2.05, 4.69) is 4.84 Å². The zero-order valence-electron chi connectivity index (χ0n) is 12.4. The molecule has 7 nitrogen and oxygen atoms in total. The van der Waals surface area contributed by atoms with Crippen LogP contribution in [0.25, 0.3) is 0 Å². The van der Waals surface area contributed by atoms with Crippen molar-refractivity contribution in [3.05, 3.63) is 24.3 Å². The summed E-state index contributed by atoms with van der Waals surface area (Å²) in [6, 6.07) is 6.94. The van der Waals surface area contributed by atoms with Crippen molar-refractivity contribution in [3.63, 3.8) is 0 Å². The van der Waals surface area contributed by atoms with Crippen molar-refractivity contribution < 1.29 is 28.8 Å². The highest BCUT2D eigenvalue weighted by molar-refractivity contribution is 7.98. The van der Waals surface area contributed by atoms with Crippen molar-refractivity contribution in [2.45, 2.75) is 30.6 Å². The number of imide groups is 1. The number of ether oxygens (including phenoxy) is 1. The first-order chi connectivity index (χ1) is 11.0. The van der Waals surface area contributed by atoms with Crippen LogP contribution >= 0.6 is 11.8 Å². The van der Waals surface area contributed by atoms with Crippen molar-refractivity contribution in [1.29, 1.82) is 0 Å². The van der Waals surface area contributed by atoms with Gasteiger partial charge in [0.25, 0.3) is 11.8 Å². The molecule has 1 aromatic rings. The summed E-state index contributed by atoms with van der Waals surface area (Å²) < 4.78 is 5.07. The summed E-state index contributed by atoms with van der Waals surface area (Å²) in [6.07, 6.45) is 1.50. The molecular formula is C15H15NO6S. The van der Waals surface area contributed by atoms with E-state index in [1.807, 2.05) is 18.4 Å². The Morgan fingerprint density at radius 3 is 2.17 bits per heavy atom. The third-order valence-electron chi connectivity index (χ3n) is 3.02. The van der Waals surface area contributed by atoms with Crippen molar-refractivity contribution >= 4 is 35.5 Å². The molecule has 8 heteroatoms. The summed E-state index contributed by atoms with van der Waals surface area (Å²) in [5.41, 5.74) is 0. The Labute approximate surface area is 136 Å². The minimum Gasteiger partial charge on any atom is -0.427 e. The minimum atomic E-state index is -0.830. The van der Waals surface area contributed by atoms with Gasteiger partial charge >= 0.3 is 11.9 Å². The van der Waals surface area contributed by atoms with E-state index in [0.29, 0.717) is 10.8 Å². The van der Waals surface area contributed by atoms with E-state index in [4.69, 9.17) is 4.74 Å². The third-order valence-corrected chi connectivity index (χ3v) is 3.77. The molecule has 0 radical (unpaired) electrons. The second-order valence-electron chi connectivity index (χ2n) is 4.69. The van der Waals surface area contributed by atoms with Gasteiger partial charge in [0, 0.05) is 17.7 Å². The molecule has 2 rings (SSSR count). The lowest BCUT2D eigenvalue weighted by Gasteiger charge is -2.12. The molecule has 1 fully saturated rings. The van der Waals surface area contributed by atoms with Gasteiger partial charge in [0.1, 0.15) is 5.75 Å². The van der Waals surface area contributed by atoms with Gasteiger partial charge in [-0.05, 0) is 30.5 Å². The molecule has 1 saturated heterocycles. The van der Waals surface area contributed by atoms with Crippen molar-refractivity contribution in [1.82, 2.24) is 5.06 Å². The first-order valence-corrected chi connectivity index (χ1v) is 8.13. The number of thioether (sulfide) groups is 1. The second kappa shape index (κ2) is 7.77. The lowest BCUT2D eigenvalue weighted by atomic mass is 10.3. The van der Waals surface area contributed by atoms with Crippen LogP contribution in [0.15, 0.2) is 29.2 Å². The van der Waals surface area contributed by atoms with Crippen LogP contribution in [0.5, 0.6) is 5.75 Å². The molecule has 122 valence electrons. The van der Waals surface area contributed by atoms with Crippen LogP contribution < -0.4 is 4.74 Å². The quantitative estimate of drug-likeness (QED) is 0.338. The lowest BCUT2D eigenvalue weighted by Crippen LogP contribution is -2.32. The smallest absolute Gasteiger partial charge is 0.333 e. The zero-order chi connectivity index (χ0) is 16.8. The lowest BCUT2D eigenvalue weighted by molar-refractivity contribution is -0.197. The fourth-order valence-corrected chi connectivity index (χ4v) is 2.24. The highest BCUT2D eigenvalue weighted by Crippen LogP contribution is 2.19. The van der Waals surface area contributed by atoms with Crippen LogP contribution in [0.4, 0.5) is 0 Å². The maximum absolute atomic E-state index is 11.7. The van der Waals surface area contributed by atoms with E-state index < -0.39 is 23.8 Å². The maximum Gasteiger partial charge on any atom is 0.333 e. The Morgan fingerprint density at radius 2 is 1.61 bits per heavy atom. The standard InChI is InChI=1S/C15H15NO6S/c1-23-11-4-2-10(3-5-11)21-14(19)8-9-15(20)22-16-12(17)6-7-13(16)18/h2-5H,6-9H2,1H3. The Bertz CT molecular complexity index is 611. The van der Waals surface area contributed by atoms with E-state index in [1.165, 1.54) is 0 Å². The topological polar surface area (TPSA) is 90.0 Å². The molecule has 1 heterocycles. The molecule has 0 aliphatic carbocycles. The first kappa shape index (κ1) is 17.0. The number of carbonyl (C=O) groups excluding carboxylic acids is 4. The number of hydrogen-bond acceptors (Lipinski definition) is 7. The molecular weight excluding hydrogens is 322 g/mol. The van der Waals surface area contributed by atoms with Crippen molar-refractivity contribution in [2.75, 3.05) is 6.26 Å². The predicted octanol–water partition coefficient (Wildman–Crippen LogP) is 1.70. The summed E-state index contributed by atoms with van der Waals surface area (Å²) in [7, 11) is 0. The molecule has 2 amide bonds. The number of amides is 2. The van der Waals surface area contributed by atoms with E-state index in [1.54, 1.807) is 23.9 Å². The van der Waals surface area contributed by atoms with Gasteiger partial charge in [0.05, 0.1) is 12.8 Å². The van der Waals surface area contributed by atoms with Gasteiger partial charge in [0.15, 0.2) is 0 Å². The average Bonchev–Trinajstić information content (AvgIpc) is 2.85. The first-order valence-electron chi connectivity index (χ1n) is 6.91. The van der Waals surface area contributed by atoms with Gasteiger partial charge < -0.3 is 9.57 Å². The van der Waals surface area contributed by atoms with Crippen molar-refractivity contribution in [3.8, 4) is 5.75 Å². The van der Waals surface area contributed by atoms with Gasteiger partial charge in [-0.1, -0.05) is 0 Å². The minimum absolute atomic E-state index is 0.0280. The third kappa shape index (κ3) is 4.82. The number of hydrogen-bond donors (Lipinski definition) is 0. The molecule has 0 spiro atoms. The summed E-state index contributed by atoms with van der Waals surface area (Å²) >= 11 is 1.56. The Kier molecular flexibility index (Phi) is 5.75. The fourth-order valence-electron chi connectivity index (χ4n) is 1.84. The van der Waals surface area contributed by atoms with Crippen LogP contribution in [-0.2, 0) is 24.0 Å². The van der Waals surface area contributed by atoms with E-state index >= 15 is 0 Å². The largest absolute Gasteiger partial charge is 0.427 e. The van der Waals surface area contributed by atoms with Crippen molar-refractivity contribution in [2.24, 2.45) is 0 Å². The van der Waals surface area contributed by atoms with Gasteiger partial charge in [-0.25, -0.2) is 4.79 Å². The highest BCUT2D eigenvalue weighted by atomic mass is 32.2. The molecule has 1 aliphatic rings. The molecule has 0 bridgehead atoms. The van der Waals surface area contributed by atoms with Crippen LogP contribution in [0.3, 0.4) is 0 Å². The molecule has 0 saturated carbocycles. The van der Waals surface area contributed by atoms with Gasteiger partial charge in [-0.3, -0.25) is 14.4 Å². The Morgan fingerprint density at radius 1 is 1.04 bits per heavy atom. The monoisotopic (exact) mass is 337 g/mol. The van der Waals surface area contributed by atoms with Gasteiger partial charge in [-0.15, -0.1) is 16.8 Å². The average molecular weight is 337 g/mol. The summed E-state index contributed by atoms with van der Waals surface area (Å²) in [5.74, 6) is -2.16. The number of esters is 1. The van der Waals surface area contributed by atoms with E-state index in [9.17, 15) is 19.2 Å². The maximum atomic E-state index is 11.7. The van der Waals surface area contributed by atoms with Crippen LogP contribution in [0, 0.1) is 0 Å². The molecule has 1 aliphatic heterocycles. The van der Waals surface area contributed by atoms with E-state index in [-0.39, 0.29) is 25.7 Å². The van der Waals surface area contributed by atoms with Gasteiger partial charge in [-0.2, -0.15) is 0 Å². The number of hydroxylamine groups is 2. The number of rotatable bonds is 6. The molecule has 0 N–H and O–H groups in total. The highest BCUT2D eigenvalue weighted by Gasteiger charge is 2.32. The Balaban J connectivity index is 1.76. The normalized spacial score (nSPS) is 14.0. The molecule has 0 aromatic heterocycles. The number of benzene rings is 1. The van der Waals surface area contributed by atoms with E-state index in [0.717, 1.165) is 4.90 Å². The Hall–Kier alpha value is -2.35. The fraction of sp³-hybridized carbons (Fsp3) is 0.333. The molecule has 1 aromatic carbocycles.